The second-order valence-electron chi connectivity index (χ2n) is 4.66. The van der Waals surface area contributed by atoms with Crippen LogP contribution in [-0.4, -0.2) is 0 Å². The fourth-order valence-corrected chi connectivity index (χ4v) is 1.29. The van der Waals surface area contributed by atoms with Crippen LogP contribution in [0.5, 0.6) is 0 Å². The Morgan fingerprint density at radius 3 is 2.31 bits per heavy atom. The van der Waals surface area contributed by atoms with Gasteiger partial charge in [0.2, 0.25) is 0 Å². The van der Waals surface area contributed by atoms with E-state index in [-0.39, 0.29) is 0 Å². The fourth-order valence-electron chi connectivity index (χ4n) is 1.29. The summed E-state index contributed by atoms with van der Waals surface area (Å²) >= 11 is 0. The summed E-state index contributed by atoms with van der Waals surface area (Å²) in [4.78, 5) is 0. The molecule has 0 amide bonds. The van der Waals surface area contributed by atoms with Crippen LogP contribution in [0.1, 0.15) is 44.1 Å². The van der Waals surface area contributed by atoms with E-state index < -0.39 is 0 Å². The molecule has 0 aliphatic carbocycles. The number of rotatable bonds is 3. The first-order valence-electron chi connectivity index (χ1n) is 5.00. The highest BCUT2D eigenvalue weighted by molar-refractivity contribution is 5.25. The molecule has 0 unspecified atom stereocenters. The molecule has 0 saturated carbocycles. The maximum Gasteiger partial charge on any atom is 0.107 e. The molecule has 0 bridgehead atoms. The molecular formula is C12H20O. The quantitative estimate of drug-likeness (QED) is 0.688. The Kier molecular flexibility index (Phi) is 2.84. The molecule has 1 heteroatoms. The molecule has 0 atom stereocenters. The van der Waals surface area contributed by atoms with Crippen LogP contribution < -0.4 is 0 Å². The van der Waals surface area contributed by atoms with Crippen molar-refractivity contribution in [2.45, 2.75) is 47.5 Å². The first kappa shape index (κ1) is 10.4. The SMILES string of the molecule is CCC(C)(C)Cc1occ(C)c1C. The Morgan fingerprint density at radius 2 is 1.92 bits per heavy atom. The van der Waals surface area contributed by atoms with Crippen molar-refractivity contribution in [3.8, 4) is 0 Å². The third-order valence-corrected chi connectivity index (χ3v) is 2.98. The van der Waals surface area contributed by atoms with E-state index in [0.29, 0.717) is 5.41 Å². The van der Waals surface area contributed by atoms with Gasteiger partial charge in [0.05, 0.1) is 6.26 Å². The highest BCUT2D eigenvalue weighted by Gasteiger charge is 2.19. The first-order chi connectivity index (χ1) is 5.96. The van der Waals surface area contributed by atoms with E-state index in [1.807, 2.05) is 6.26 Å². The molecule has 0 saturated heterocycles. The first-order valence-corrected chi connectivity index (χ1v) is 5.00. The molecular weight excluding hydrogens is 160 g/mol. The molecule has 1 heterocycles. The van der Waals surface area contributed by atoms with Gasteiger partial charge < -0.3 is 4.42 Å². The van der Waals surface area contributed by atoms with Crippen LogP contribution in [0.4, 0.5) is 0 Å². The Balaban J connectivity index is 2.80. The van der Waals surface area contributed by atoms with Crippen molar-refractivity contribution in [2.75, 3.05) is 0 Å². The molecule has 1 aromatic rings. The van der Waals surface area contributed by atoms with Crippen LogP contribution in [0.2, 0.25) is 0 Å². The molecule has 0 fully saturated rings. The zero-order valence-corrected chi connectivity index (χ0v) is 9.40. The summed E-state index contributed by atoms with van der Waals surface area (Å²) in [7, 11) is 0. The van der Waals surface area contributed by atoms with Crippen molar-refractivity contribution >= 4 is 0 Å². The number of hydrogen-bond donors (Lipinski definition) is 0. The Bertz CT molecular complexity index is 281. The molecule has 1 rings (SSSR count). The predicted molar refractivity (Wildman–Crippen MR) is 56.0 cm³/mol. The fraction of sp³-hybridized carbons (Fsp3) is 0.667. The topological polar surface area (TPSA) is 13.1 Å². The van der Waals surface area contributed by atoms with Gasteiger partial charge in [-0.05, 0) is 30.4 Å². The van der Waals surface area contributed by atoms with Gasteiger partial charge in [-0.25, -0.2) is 0 Å². The van der Waals surface area contributed by atoms with Gasteiger partial charge in [-0.3, -0.25) is 0 Å². The molecule has 0 aliphatic heterocycles. The van der Waals surface area contributed by atoms with E-state index in [1.54, 1.807) is 0 Å². The zero-order valence-electron chi connectivity index (χ0n) is 9.40. The highest BCUT2D eigenvalue weighted by atomic mass is 16.3. The third kappa shape index (κ3) is 2.36. The second-order valence-corrected chi connectivity index (χ2v) is 4.66. The maximum absolute atomic E-state index is 5.53. The average Bonchev–Trinajstić information content (AvgIpc) is 2.36. The summed E-state index contributed by atoms with van der Waals surface area (Å²) in [6.45, 7) is 11.0. The molecule has 0 aromatic carbocycles. The minimum atomic E-state index is 0.356. The molecule has 0 radical (unpaired) electrons. The van der Waals surface area contributed by atoms with Crippen LogP contribution >= 0.6 is 0 Å². The van der Waals surface area contributed by atoms with Gasteiger partial charge in [0, 0.05) is 6.42 Å². The number of aryl methyl sites for hydroxylation is 1. The molecule has 13 heavy (non-hydrogen) atoms. The Hall–Kier alpha value is -0.720. The van der Waals surface area contributed by atoms with Crippen molar-refractivity contribution < 1.29 is 4.42 Å². The van der Waals surface area contributed by atoms with Gasteiger partial charge in [-0.2, -0.15) is 0 Å². The number of furan rings is 1. The van der Waals surface area contributed by atoms with Gasteiger partial charge in [0.15, 0.2) is 0 Å². The predicted octanol–water partition coefficient (Wildman–Crippen LogP) is 3.88. The second kappa shape index (κ2) is 3.57. The van der Waals surface area contributed by atoms with E-state index >= 15 is 0 Å². The normalized spacial score (nSPS) is 12.1. The summed E-state index contributed by atoms with van der Waals surface area (Å²) in [5, 5.41) is 0. The summed E-state index contributed by atoms with van der Waals surface area (Å²) in [6.07, 6.45) is 4.09. The van der Waals surface area contributed by atoms with Crippen molar-refractivity contribution in [2.24, 2.45) is 5.41 Å². The average molecular weight is 180 g/mol. The van der Waals surface area contributed by atoms with Crippen LogP contribution in [0, 0.1) is 19.3 Å². The van der Waals surface area contributed by atoms with Crippen LogP contribution in [0.25, 0.3) is 0 Å². The third-order valence-electron chi connectivity index (χ3n) is 2.98. The van der Waals surface area contributed by atoms with Gasteiger partial charge in [0.25, 0.3) is 0 Å². The maximum atomic E-state index is 5.53. The van der Waals surface area contributed by atoms with Crippen molar-refractivity contribution in [3.63, 3.8) is 0 Å². The van der Waals surface area contributed by atoms with Crippen molar-refractivity contribution in [3.05, 3.63) is 23.2 Å². The largest absolute Gasteiger partial charge is 0.469 e. The summed E-state index contributed by atoms with van der Waals surface area (Å²) < 4.78 is 5.53. The summed E-state index contributed by atoms with van der Waals surface area (Å²) in [5.74, 6) is 1.16. The minimum Gasteiger partial charge on any atom is -0.469 e. The van der Waals surface area contributed by atoms with Gasteiger partial charge in [0.1, 0.15) is 5.76 Å². The van der Waals surface area contributed by atoms with Gasteiger partial charge >= 0.3 is 0 Å². The van der Waals surface area contributed by atoms with E-state index in [9.17, 15) is 0 Å². The summed E-state index contributed by atoms with van der Waals surface area (Å²) in [5.41, 5.74) is 2.94. The number of hydrogen-bond acceptors (Lipinski definition) is 1. The van der Waals surface area contributed by atoms with Crippen LogP contribution in [0.15, 0.2) is 10.7 Å². The Morgan fingerprint density at radius 1 is 1.31 bits per heavy atom. The molecule has 0 N–H and O–H groups in total. The molecule has 0 aliphatic rings. The lowest BCUT2D eigenvalue weighted by molar-refractivity contribution is 0.316. The molecule has 0 spiro atoms. The molecule has 1 nitrogen and oxygen atoms in total. The van der Waals surface area contributed by atoms with E-state index in [4.69, 9.17) is 4.42 Å². The lowest BCUT2D eigenvalue weighted by atomic mass is 9.84. The standard InChI is InChI=1S/C12H20O/c1-6-12(4,5)7-11-10(3)9(2)8-13-11/h8H,6-7H2,1-5H3. The molecule has 1 aromatic heterocycles. The van der Waals surface area contributed by atoms with E-state index in [1.165, 1.54) is 17.5 Å². The van der Waals surface area contributed by atoms with Crippen LogP contribution in [0.3, 0.4) is 0 Å². The Labute approximate surface area is 81.1 Å². The monoisotopic (exact) mass is 180 g/mol. The zero-order chi connectivity index (χ0) is 10.1. The lowest BCUT2D eigenvalue weighted by Gasteiger charge is -2.21. The van der Waals surface area contributed by atoms with Gasteiger partial charge in [-0.15, -0.1) is 0 Å². The smallest absolute Gasteiger partial charge is 0.107 e. The van der Waals surface area contributed by atoms with Crippen molar-refractivity contribution in [1.82, 2.24) is 0 Å². The summed E-state index contributed by atoms with van der Waals surface area (Å²) in [6, 6.07) is 0. The molecule has 74 valence electrons. The van der Waals surface area contributed by atoms with Crippen molar-refractivity contribution in [1.29, 1.82) is 0 Å². The lowest BCUT2D eigenvalue weighted by Crippen LogP contribution is -2.13. The van der Waals surface area contributed by atoms with E-state index in [2.05, 4.69) is 34.6 Å². The minimum absolute atomic E-state index is 0.356. The van der Waals surface area contributed by atoms with Crippen LogP contribution in [-0.2, 0) is 6.42 Å². The van der Waals surface area contributed by atoms with E-state index in [0.717, 1.165) is 12.2 Å². The highest BCUT2D eigenvalue weighted by Crippen LogP contribution is 2.28. The van der Waals surface area contributed by atoms with Gasteiger partial charge in [-0.1, -0.05) is 27.2 Å².